The Morgan fingerprint density at radius 1 is 0.950 bits per heavy atom. The molecule has 5 heteroatoms. The van der Waals surface area contributed by atoms with Crippen molar-refractivity contribution in [2.45, 2.75) is 6.42 Å². The maximum atomic E-state index is 13.4. The largest absolute Gasteiger partial charge is 0.362 e. The molecule has 0 aliphatic carbocycles. The number of hydrogen-bond donors (Lipinski definition) is 2. The molecule has 0 heterocycles. The fraction of sp³-hybridized carbons (Fsp3) is 0.133. The summed E-state index contributed by atoms with van der Waals surface area (Å²) >= 11 is 5.06. The minimum atomic E-state index is -0.370. The van der Waals surface area contributed by atoms with Crippen molar-refractivity contribution in [3.05, 3.63) is 65.7 Å². The molecule has 0 spiro atoms. The fourth-order valence-electron chi connectivity index (χ4n) is 1.74. The second kappa shape index (κ2) is 6.96. The lowest BCUT2D eigenvalue weighted by atomic mass is 10.1. The molecule has 20 heavy (non-hydrogen) atoms. The van der Waals surface area contributed by atoms with Gasteiger partial charge in [-0.1, -0.05) is 30.3 Å². The van der Waals surface area contributed by atoms with Crippen LogP contribution in [0.5, 0.6) is 0 Å². The van der Waals surface area contributed by atoms with E-state index in [1.165, 1.54) is 12.1 Å². The number of nitrogens with one attached hydrogen (secondary N) is 2. The predicted octanol–water partition coefficient (Wildman–Crippen LogP) is 3.49. The molecular formula is C15H14F2N2S. The molecule has 0 unspecified atom stereocenters. The van der Waals surface area contributed by atoms with E-state index in [1.54, 1.807) is 36.4 Å². The number of rotatable bonds is 4. The second-order valence-electron chi connectivity index (χ2n) is 4.20. The summed E-state index contributed by atoms with van der Waals surface area (Å²) in [6.45, 7) is 0.473. The average Bonchev–Trinajstić information content (AvgIpc) is 2.43. The Morgan fingerprint density at radius 2 is 1.60 bits per heavy atom. The minimum absolute atomic E-state index is 0.234. The van der Waals surface area contributed by atoms with Gasteiger partial charge < -0.3 is 10.6 Å². The van der Waals surface area contributed by atoms with E-state index in [-0.39, 0.29) is 11.6 Å². The molecule has 0 aliphatic heterocycles. The third kappa shape index (κ3) is 3.99. The molecule has 2 nitrogen and oxygen atoms in total. The Bertz CT molecular complexity index is 602. The van der Waals surface area contributed by atoms with Gasteiger partial charge in [0.15, 0.2) is 5.11 Å². The van der Waals surface area contributed by atoms with Gasteiger partial charge in [-0.15, -0.1) is 0 Å². The van der Waals surface area contributed by atoms with E-state index in [9.17, 15) is 8.78 Å². The zero-order valence-corrected chi connectivity index (χ0v) is 11.5. The minimum Gasteiger partial charge on any atom is -0.362 e. The van der Waals surface area contributed by atoms with E-state index in [1.807, 2.05) is 0 Å². The number of halogens is 2. The number of benzene rings is 2. The molecule has 2 N–H and O–H groups in total. The highest BCUT2D eigenvalue weighted by Gasteiger charge is 2.03. The van der Waals surface area contributed by atoms with Gasteiger partial charge >= 0.3 is 0 Å². The van der Waals surface area contributed by atoms with Crippen LogP contribution in [0.2, 0.25) is 0 Å². The van der Waals surface area contributed by atoms with Gasteiger partial charge in [0.1, 0.15) is 11.6 Å². The lowest BCUT2D eigenvalue weighted by Gasteiger charge is -2.11. The number of anilines is 1. The molecule has 0 fully saturated rings. The van der Waals surface area contributed by atoms with Gasteiger partial charge in [0, 0.05) is 6.54 Å². The topological polar surface area (TPSA) is 24.1 Å². The van der Waals surface area contributed by atoms with Crippen molar-refractivity contribution >= 4 is 23.0 Å². The zero-order chi connectivity index (χ0) is 14.4. The monoisotopic (exact) mass is 292 g/mol. The second-order valence-corrected chi connectivity index (χ2v) is 4.61. The maximum absolute atomic E-state index is 13.4. The van der Waals surface area contributed by atoms with Crippen molar-refractivity contribution in [3.63, 3.8) is 0 Å². The molecule has 2 rings (SSSR count). The number of thiocarbonyl (C=S) groups is 1. The van der Waals surface area contributed by atoms with Crippen molar-refractivity contribution in [3.8, 4) is 0 Å². The summed E-state index contributed by atoms with van der Waals surface area (Å²) in [4.78, 5) is 0. The van der Waals surface area contributed by atoms with Crippen LogP contribution >= 0.6 is 12.2 Å². The first-order valence-corrected chi connectivity index (χ1v) is 6.60. The van der Waals surface area contributed by atoms with E-state index < -0.39 is 0 Å². The Hall–Kier alpha value is -2.01. The molecule has 0 atom stereocenters. The van der Waals surface area contributed by atoms with Crippen LogP contribution in [0, 0.1) is 11.6 Å². The SMILES string of the molecule is Fc1ccccc1CCNC(=S)Nc1ccccc1F. The van der Waals surface area contributed by atoms with Crippen LogP contribution in [-0.2, 0) is 6.42 Å². The van der Waals surface area contributed by atoms with Crippen LogP contribution in [0.15, 0.2) is 48.5 Å². The molecule has 0 radical (unpaired) electrons. The first kappa shape index (κ1) is 14.4. The van der Waals surface area contributed by atoms with Crippen LogP contribution in [-0.4, -0.2) is 11.7 Å². The zero-order valence-electron chi connectivity index (χ0n) is 10.7. The van der Waals surface area contributed by atoms with E-state index >= 15 is 0 Å². The lowest BCUT2D eigenvalue weighted by molar-refractivity contribution is 0.607. The van der Waals surface area contributed by atoms with Gasteiger partial charge in [0.05, 0.1) is 5.69 Å². The van der Waals surface area contributed by atoms with Gasteiger partial charge in [0.2, 0.25) is 0 Å². The third-order valence-corrected chi connectivity index (χ3v) is 3.01. The summed E-state index contributed by atoms with van der Waals surface area (Å²) in [6.07, 6.45) is 0.506. The van der Waals surface area contributed by atoms with Crippen molar-refractivity contribution in [1.29, 1.82) is 0 Å². The van der Waals surface area contributed by atoms with E-state index in [4.69, 9.17) is 12.2 Å². The maximum Gasteiger partial charge on any atom is 0.170 e. The van der Waals surface area contributed by atoms with Crippen LogP contribution in [0.3, 0.4) is 0 Å². The van der Waals surface area contributed by atoms with Crippen LogP contribution in [0.25, 0.3) is 0 Å². The van der Waals surface area contributed by atoms with Crippen LogP contribution in [0.1, 0.15) is 5.56 Å². The van der Waals surface area contributed by atoms with Crippen LogP contribution < -0.4 is 10.6 Å². The van der Waals surface area contributed by atoms with Gasteiger partial charge in [-0.3, -0.25) is 0 Å². The molecule has 0 saturated carbocycles. The van der Waals surface area contributed by atoms with E-state index in [0.717, 1.165) is 0 Å². The Morgan fingerprint density at radius 3 is 2.30 bits per heavy atom. The molecule has 0 saturated heterocycles. The van der Waals surface area contributed by atoms with Gasteiger partial charge in [-0.2, -0.15) is 0 Å². The van der Waals surface area contributed by atoms with Crippen LogP contribution in [0.4, 0.5) is 14.5 Å². The Balaban J connectivity index is 1.82. The summed E-state index contributed by atoms with van der Waals surface area (Å²) in [6, 6.07) is 12.9. The number of hydrogen-bond acceptors (Lipinski definition) is 1. The summed E-state index contributed by atoms with van der Waals surface area (Å²) in [5, 5.41) is 6.00. The molecular weight excluding hydrogens is 278 g/mol. The number of para-hydroxylation sites is 1. The normalized spacial score (nSPS) is 10.1. The third-order valence-electron chi connectivity index (χ3n) is 2.76. The molecule has 0 bridgehead atoms. The molecule has 0 amide bonds. The quantitative estimate of drug-likeness (QED) is 0.844. The average molecular weight is 292 g/mol. The Labute approximate surface area is 121 Å². The lowest BCUT2D eigenvalue weighted by Crippen LogP contribution is -2.30. The fourth-order valence-corrected chi connectivity index (χ4v) is 1.95. The molecule has 2 aromatic carbocycles. The van der Waals surface area contributed by atoms with Crippen molar-refractivity contribution in [2.24, 2.45) is 0 Å². The first-order chi connectivity index (χ1) is 9.66. The Kier molecular flexibility index (Phi) is 5.01. The summed E-state index contributed by atoms with van der Waals surface area (Å²) in [5.41, 5.74) is 0.935. The van der Waals surface area contributed by atoms with Gasteiger partial charge in [0.25, 0.3) is 0 Å². The van der Waals surface area contributed by atoms with E-state index in [2.05, 4.69) is 10.6 Å². The van der Waals surface area contributed by atoms with Gasteiger partial charge in [-0.25, -0.2) is 8.78 Å². The van der Waals surface area contributed by atoms with E-state index in [0.29, 0.717) is 29.3 Å². The van der Waals surface area contributed by atoms with Crippen molar-refractivity contribution in [2.75, 3.05) is 11.9 Å². The highest BCUT2D eigenvalue weighted by Crippen LogP contribution is 2.12. The first-order valence-electron chi connectivity index (χ1n) is 6.19. The smallest absolute Gasteiger partial charge is 0.170 e. The van der Waals surface area contributed by atoms with Gasteiger partial charge in [-0.05, 0) is 42.4 Å². The predicted molar refractivity (Wildman–Crippen MR) is 80.7 cm³/mol. The summed E-state index contributed by atoms with van der Waals surface area (Å²) < 4.78 is 26.8. The van der Waals surface area contributed by atoms with Crippen molar-refractivity contribution in [1.82, 2.24) is 5.32 Å². The highest BCUT2D eigenvalue weighted by atomic mass is 32.1. The molecule has 0 aromatic heterocycles. The summed E-state index contributed by atoms with van der Waals surface area (Å²) in [5.74, 6) is -0.604. The standard InChI is InChI=1S/C15H14F2N2S/c16-12-6-2-1-5-11(12)9-10-18-15(20)19-14-8-4-3-7-13(14)17/h1-8H,9-10H2,(H2,18,19,20). The van der Waals surface area contributed by atoms with Crippen molar-refractivity contribution < 1.29 is 8.78 Å². The summed E-state index contributed by atoms with van der Waals surface area (Å²) in [7, 11) is 0. The molecule has 2 aromatic rings. The molecule has 104 valence electrons. The highest BCUT2D eigenvalue weighted by molar-refractivity contribution is 7.80. The molecule has 0 aliphatic rings.